The van der Waals surface area contributed by atoms with E-state index in [0.29, 0.717) is 23.4 Å². The zero-order chi connectivity index (χ0) is 26.9. The third-order valence-corrected chi connectivity index (χ3v) is 8.14. The number of nitrogens with one attached hydrogen (secondary N) is 1. The molecule has 0 saturated carbocycles. The summed E-state index contributed by atoms with van der Waals surface area (Å²) in [5.74, 6) is -1.90. The van der Waals surface area contributed by atoms with Gasteiger partial charge < -0.3 is 4.90 Å². The molecule has 37 heavy (non-hydrogen) atoms. The molecule has 9 heteroatoms. The monoisotopic (exact) mass is 536 g/mol. The summed E-state index contributed by atoms with van der Waals surface area (Å²) in [6, 6.07) is 12.9. The van der Waals surface area contributed by atoms with Crippen LogP contribution in [0, 0.1) is 0 Å². The Bertz CT molecular complexity index is 1180. The van der Waals surface area contributed by atoms with Gasteiger partial charge in [-0.15, -0.1) is 6.58 Å². The van der Waals surface area contributed by atoms with Crippen molar-refractivity contribution in [2.45, 2.75) is 75.4 Å². The summed E-state index contributed by atoms with van der Waals surface area (Å²) in [6.07, 6.45) is 5.14. The van der Waals surface area contributed by atoms with Gasteiger partial charge in [0.2, 0.25) is 10.0 Å². The molecular weight excluding hydrogens is 501 g/mol. The number of hydrogen-bond donors (Lipinski definition) is 1. The minimum atomic E-state index is -4.94. The SMILES string of the molecule is C=CCc1ccccc1CCCCCCCCNS(=O)(=O)c1ccc2c(c1)CN(C(=O)C(F)(F)F)CC2. The van der Waals surface area contributed by atoms with Crippen molar-refractivity contribution in [3.05, 3.63) is 77.4 Å². The summed E-state index contributed by atoms with van der Waals surface area (Å²) in [5, 5.41) is 0. The predicted octanol–water partition coefficient (Wildman–Crippen LogP) is 5.72. The summed E-state index contributed by atoms with van der Waals surface area (Å²) in [6.45, 7) is 3.82. The highest BCUT2D eigenvalue weighted by Crippen LogP contribution is 2.26. The van der Waals surface area contributed by atoms with Gasteiger partial charge in [-0.1, -0.05) is 62.1 Å². The first kappa shape index (κ1) is 28.9. The van der Waals surface area contributed by atoms with E-state index in [0.717, 1.165) is 50.5 Å². The fourth-order valence-corrected chi connectivity index (χ4v) is 5.77. The number of nitrogens with zero attached hydrogens (tertiary/aromatic N) is 1. The van der Waals surface area contributed by atoms with Gasteiger partial charge in [-0.05, 0) is 66.5 Å². The van der Waals surface area contributed by atoms with Crippen LogP contribution in [-0.2, 0) is 40.6 Å². The molecule has 0 bridgehead atoms. The second kappa shape index (κ2) is 13.2. The minimum Gasteiger partial charge on any atom is -0.330 e. The lowest BCUT2D eigenvalue weighted by Gasteiger charge is -2.29. The van der Waals surface area contributed by atoms with Gasteiger partial charge in [0.05, 0.1) is 4.90 Å². The number of carbonyl (C=O) groups is 1. The van der Waals surface area contributed by atoms with Crippen LogP contribution in [0.5, 0.6) is 0 Å². The number of amides is 1. The molecule has 0 radical (unpaired) electrons. The number of hydrogen-bond acceptors (Lipinski definition) is 3. The first-order valence-electron chi connectivity index (χ1n) is 12.8. The lowest BCUT2D eigenvalue weighted by atomic mass is 9.98. The van der Waals surface area contributed by atoms with Gasteiger partial charge in [-0.25, -0.2) is 13.1 Å². The largest absolute Gasteiger partial charge is 0.471 e. The van der Waals surface area contributed by atoms with Crippen molar-refractivity contribution in [2.24, 2.45) is 0 Å². The molecule has 0 saturated heterocycles. The predicted molar refractivity (Wildman–Crippen MR) is 139 cm³/mol. The molecule has 0 atom stereocenters. The van der Waals surface area contributed by atoms with E-state index in [4.69, 9.17) is 0 Å². The number of sulfonamides is 1. The maximum Gasteiger partial charge on any atom is 0.471 e. The van der Waals surface area contributed by atoms with Gasteiger partial charge in [0.1, 0.15) is 0 Å². The molecule has 1 N–H and O–H groups in total. The Kier molecular flexibility index (Phi) is 10.3. The molecule has 0 aromatic heterocycles. The van der Waals surface area contributed by atoms with E-state index in [1.807, 2.05) is 6.08 Å². The van der Waals surface area contributed by atoms with Gasteiger partial charge >= 0.3 is 12.1 Å². The Morgan fingerprint density at radius 1 is 0.973 bits per heavy atom. The molecule has 1 aliphatic heterocycles. The van der Waals surface area contributed by atoms with E-state index in [9.17, 15) is 26.4 Å². The van der Waals surface area contributed by atoms with E-state index in [1.165, 1.54) is 23.3 Å². The third-order valence-electron chi connectivity index (χ3n) is 6.68. The lowest BCUT2D eigenvalue weighted by Crippen LogP contribution is -2.43. The Labute approximate surface area is 217 Å². The average Bonchev–Trinajstić information content (AvgIpc) is 2.87. The molecule has 0 fully saturated rings. The standard InChI is InChI=1S/C28H35F3N2O3S/c1-2-11-22-13-8-9-14-23(22)12-7-5-3-4-6-10-18-32-37(35,36)26-16-15-24-17-19-33(21-25(24)20-26)27(34)28(29,30)31/h2,8-9,13-16,20,32H,1,3-7,10-12,17-19,21H2. The van der Waals surface area contributed by atoms with Crippen molar-refractivity contribution in [3.8, 4) is 0 Å². The van der Waals surface area contributed by atoms with Gasteiger partial charge in [-0.2, -0.15) is 13.2 Å². The fourth-order valence-electron chi connectivity index (χ4n) is 4.65. The summed E-state index contributed by atoms with van der Waals surface area (Å²) in [5.41, 5.74) is 3.89. The molecule has 5 nitrogen and oxygen atoms in total. The molecule has 0 spiro atoms. The molecule has 0 unspecified atom stereocenters. The van der Waals surface area contributed by atoms with Crippen LogP contribution in [0.3, 0.4) is 0 Å². The smallest absolute Gasteiger partial charge is 0.330 e. The number of aryl methyl sites for hydroxylation is 1. The molecule has 1 aliphatic rings. The van der Waals surface area contributed by atoms with E-state index < -0.39 is 22.1 Å². The number of allylic oxidation sites excluding steroid dienone is 1. The Morgan fingerprint density at radius 2 is 1.65 bits per heavy atom. The maximum atomic E-state index is 12.8. The Morgan fingerprint density at radius 3 is 2.35 bits per heavy atom. The highest BCUT2D eigenvalue weighted by Gasteiger charge is 2.43. The Hall–Kier alpha value is -2.65. The quantitative estimate of drug-likeness (QED) is 0.263. The molecule has 1 amide bonds. The average molecular weight is 537 g/mol. The van der Waals surface area contributed by atoms with Crippen LogP contribution in [-0.4, -0.2) is 38.5 Å². The minimum absolute atomic E-state index is 0.00398. The first-order chi connectivity index (χ1) is 17.6. The second-order valence-corrected chi connectivity index (χ2v) is 11.2. The number of benzene rings is 2. The van der Waals surface area contributed by atoms with Gasteiger partial charge in [-0.3, -0.25) is 4.79 Å². The van der Waals surface area contributed by atoms with Crippen LogP contribution in [0.25, 0.3) is 0 Å². The van der Waals surface area contributed by atoms with Crippen molar-refractivity contribution >= 4 is 15.9 Å². The topological polar surface area (TPSA) is 66.5 Å². The normalized spacial score (nSPS) is 13.9. The molecule has 3 rings (SSSR count). The van der Waals surface area contributed by atoms with Gasteiger partial charge in [0, 0.05) is 19.6 Å². The number of unbranched alkanes of at least 4 members (excludes halogenated alkanes) is 5. The van der Waals surface area contributed by atoms with Crippen molar-refractivity contribution in [1.82, 2.24) is 9.62 Å². The molecule has 2 aromatic rings. The number of rotatable bonds is 13. The number of fused-ring (bicyclic) bond motifs is 1. The Balaban J connectivity index is 1.38. The van der Waals surface area contributed by atoms with Crippen molar-refractivity contribution in [3.63, 3.8) is 0 Å². The van der Waals surface area contributed by atoms with E-state index >= 15 is 0 Å². The molecule has 2 aromatic carbocycles. The summed E-state index contributed by atoms with van der Waals surface area (Å²) >= 11 is 0. The number of alkyl halides is 3. The summed E-state index contributed by atoms with van der Waals surface area (Å²) in [4.78, 5) is 12.3. The maximum absolute atomic E-state index is 12.8. The van der Waals surface area contributed by atoms with Crippen LogP contribution in [0.15, 0.2) is 60.0 Å². The highest BCUT2D eigenvalue weighted by atomic mass is 32.2. The second-order valence-electron chi connectivity index (χ2n) is 9.44. The van der Waals surface area contributed by atoms with Crippen LogP contribution >= 0.6 is 0 Å². The van der Waals surface area contributed by atoms with E-state index in [1.54, 1.807) is 6.07 Å². The first-order valence-corrected chi connectivity index (χ1v) is 14.3. The number of carbonyl (C=O) groups excluding carboxylic acids is 1. The fraction of sp³-hybridized carbons (Fsp3) is 0.464. The molecule has 0 aliphatic carbocycles. The van der Waals surface area contributed by atoms with Crippen LogP contribution < -0.4 is 4.72 Å². The summed E-state index contributed by atoms with van der Waals surface area (Å²) in [7, 11) is -3.78. The third kappa shape index (κ3) is 8.43. The lowest BCUT2D eigenvalue weighted by molar-refractivity contribution is -0.186. The van der Waals surface area contributed by atoms with Crippen LogP contribution in [0.2, 0.25) is 0 Å². The zero-order valence-electron chi connectivity index (χ0n) is 21.0. The molecular formula is C28H35F3N2O3S. The van der Waals surface area contributed by atoms with E-state index in [-0.39, 0.29) is 24.4 Å². The molecule has 1 heterocycles. The highest BCUT2D eigenvalue weighted by molar-refractivity contribution is 7.89. The molecule has 202 valence electrons. The van der Waals surface area contributed by atoms with Gasteiger partial charge in [0.15, 0.2) is 0 Å². The zero-order valence-corrected chi connectivity index (χ0v) is 21.8. The van der Waals surface area contributed by atoms with Crippen LogP contribution in [0.4, 0.5) is 13.2 Å². The van der Waals surface area contributed by atoms with E-state index in [2.05, 4.69) is 35.6 Å². The van der Waals surface area contributed by atoms with Crippen molar-refractivity contribution < 1.29 is 26.4 Å². The van der Waals surface area contributed by atoms with Crippen LogP contribution in [0.1, 0.15) is 60.8 Å². The number of halogens is 3. The summed E-state index contributed by atoms with van der Waals surface area (Å²) < 4.78 is 66.3. The van der Waals surface area contributed by atoms with Gasteiger partial charge in [0.25, 0.3) is 0 Å². The van der Waals surface area contributed by atoms with Crippen molar-refractivity contribution in [2.75, 3.05) is 13.1 Å². The van der Waals surface area contributed by atoms with Crippen molar-refractivity contribution in [1.29, 1.82) is 0 Å².